The standard InChI is InChI=1S/C17H18N4/c1-10-5-6-14-13(4)20-17(21-15(14)7-10)9-16-18-11(2)8-12(3)19-16/h5-8H,9H2,1-4H3. The van der Waals surface area contributed by atoms with Gasteiger partial charge < -0.3 is 0 Å². The molecule has 0 aliphatic carbocycles. The van der Waals surface area contributed by atoms with Gasteiger partial charge in [-0.2, -0.15) is 0 Å². The molecule has 106 valence electrons. The van der Waals surface area contributed by atoms with E-state index in [9.17, 15) is 0 Å². The number of benzene rings is 1. The molecular formula is C17H18N4. The third kappa shape index (κ3) is 2.89. The van der Waals surface area contributed by atoms with Crippen LogP contribution in [0.4, 0.5) is 0 Å². The number of fused-ring (bicyclic) bond motifs is 1. The minimum absolute atomic E-state index is 0.563. The second-order valence-electron chi connectivity index (χ2n) is 5.49. The summed E-state index contributed by atoms with van der Waals surface area (Å²) in [7, 11) is 0. The normalized spacial score (nSPS) is 11.0. The fourth-order valence-corrected chi connectivity index (χ4v) is 2.56. The van der Waals surface area contributed by atoms with E-state index < -0.39 is 0 Å². The number of hydrogen-bond acceptors (Lipinski definition) is 4. The topological polar surface area (TPSA) is 51.6 Å². The van der Waals surface area contributed by atoms with E-state index >= 15 is 0 Å². The molecule has 0 radical (unpaired) electrons. The molecular weight excluding hydrogens is 260 g/mol. The van der Waals surface area contributed by atoms with Crippen molar-refractivity contribution < 1.29 is 0 Å². The van der Waals surface area contributed by atoms with Gasteiger partial charge in [0, 0.05) is 22.5 Å². The van der Waals surface area contributed by atoms with Crippen molar-refractivity contribution in [2.24, 2.45) is 0 Å². The van der Waals surface area contributed by atoms with E-state index in [2.05, 4.69) is 45.1 Å². The molecule has 0 aliphatic rings. The Balaban J connectivity index is 2.04. The maximum Gasteiger partial charge on any atom is 0.136 e. The number of rotatable bonds is 2. The maximum atomic E-state index is 4.66. The van der Waals surface area contributed by atoms with E-state index in [1.807, 2.05) is 26.8 Å². The van der Waals surface area contributed by atoms with Crippen molar-refractivity contribution in [3.05, 3.63) is 58.6 Å². The van der Waals surface area contributed by atoms with Crippen molar-refractivity contribution in [3.8, 4) is 0 Å². The highest BCUT2D eigenvalue weighted by atomic mass is 14.9. The van der Waals surface area contributed by atoms with Crippen LogP contribution in [0.5, 0.6) is 0 Å². The van der Waals surface area contributed by atoms with Crippen molar-refractivity contribution in [1.82, 2.24) is 19.9 Å². The van der Waals surface area contributed by atoms with Crippen molar-refractivity contribution in [2.45, 2.75) is 34.1 Å². The quantitative estimate of drug-likeness (QED) is 0.722. The Hall–Kier alpha value is -2.36. The number of hydrogen-bond donors (Lipinski definition) is 0. The maximum absolute atomic E-state index is 4.66. The molecule has 3 aromatic rings. The predicted molar refractivity (Wildman–Crippen MR) is 83.3 cm³/mol. The van der Waals surface area contributed by atoms with Gasteiger partial charge in [0.25, 0.3) is 0 Å². The van der Waals surface area contributed by atoms with Gasteiger partial charge in [0.1, 0.15) is 11.6 Å². The predicted octanol–water partition coefficient (Wildman–Crippen LogP) is 3.24. The lowest BCUT2D eigenvalue weighted by atomic mass is 10.1. The molecule has 4 nitrogen and oxygen atoms in total. The van der Waals surface area contributed by atoms with Gasteiger partial charge in [0.05, 0.1) is 11.9 Å². The van der Waals surface area contributed by atoms with Crippen molar-refractivity contribution in [1.29, 1.82) is 0 Å². The summed E-state index contributed by atoms with van der Waals surface area (Å²) in [6.07, 6.45) is 0.563. The fraction of sp³-hybridized carbons (Fsp3) is 0.294. The van der Waals surface area contributed by atoms with Crippen LogP contribution in [0.2, 0.25) is 0 Å². The van der Waals surface area contributed by atoms with E-state index in [0.717, 1.165) is 39.6 Å². The van der Waals surface area contributed by atoms with Crippen LogP contribution < -0.4 is 0 Å². The van der Waals surface area contributed by atoms with Crippen LogP contribution in [0.25, 0.3) is 10.9 Å². The van der Waals surface area contributed by atoms with Crippen LogP contribution in [0.3, 0.4) is 0 Å². The molecule has 21 heavy (non-hydrogen) atoms. The van der Waals surface area contributed by atoms with Gasteiger partial charge in [-0.3, -0.25) is 0 Å². The average molecular weight is 278 g/mol. The Kier molecular flexibility index (Phi) is 3.37. The number of nitrogens with zero attached hydrogens (tertiary/aromatic N) is 4. The molecule has 3 rings (SSSR count). The lowest BCUT2D eigenvalue weighted by molar-refractivity contribution is 0.865. The van der Waals surface area contributed by atoms with Crippen LogP contribution >= 0.6 is 0 Å². The van der Waals surface area contributed by atoms with Crippen LogP contribution in [0.15, 0.2) is 24.3 Å². The first kappa shape index (κ1) is 13.6. The molecule has 0 saturated carbocycles. The first-order chi connectivity index (χ1) is 10.0. The molecule has 2 aromatic heterocycles. The number of aromatic nitrogens is 4. The van der Waals surface area contributed by atoms with E-state index in [1.54, 1.807) is 0 Å². The Labute approximate surface area is 124 Å². The molecule has 0 fully saturated rings. The minimum Gasteiger partial charge on any atom is -0.238 e. The molecule has 0 saturated heterocycles. The highest BCUT2D eigenvalue weighted by Crippen LogP contribution is 2.17. The SMILES string of the molecule is Cc1ccc2c(C)nc(Cc3nc(C)cc(C)n3)nc2c1. The molecule has 0 atom stereocenters. The van der Waals surface area contributed by atoms with Gasteiger partial charge >= 0.3 is 0 Å². The Morgan fingerprint density at radius 2 is 1.43 bits per heavy atom. The third-order valence-electron chi connectivity index (χ3n) is 3.43. The number of aryl methyl sites for hydroxylation is 4. The first-order valence-electron chi connectivity index (χ1n) is 7.06. The molecule has 0 aliphatic heterocycles. The largest absolute Gasteiger partial charge is 0.238 e. The van der Waals surface area contributed by atoms with Crippen molar-refractivity contribution in [2.75, 3.05) is 0 Å². The summed E-state index contributed by atoms with van der Waals surface area (Å²) in [5.41, 5.74) is 5.15. The second kappa shape index (κ2) is 5.20. The monoisotopic (exact) mass is 278 g/mol. The summed E-state index contributed by atoms with van der Waals surface area (Å²) in [6, 6.07) is 8.23. The van der Waals surface area contributed by atoms with Crippen molar-refractivity contribution >= 4 is 10.9 Å². The molecule has 4 heteroatoms. The summed E-state index contributed by atoms with van der Waals surface area (Å²) in [6.45, 7) is 8.05. The molecule has 0 unspecified atom stereocenters. The molecule has 0 amide bonds. The molecule has 0 N–H and O–H groups in total. The minimum atomic E-state index is 0.563. The molecule has 2 heterocycles. The first-order valence-corrected chi connectivity index (χ1v) is 7.06. The summed E-state index contributed by atoms with van der Waals surface area (Å²) < 4.78 is 0. The average Bonchev–Trinajstić information content (AvgIpc) is 2.36. The second-order valence-corrected chi connectivity index (χ2v) is 5.49. The van der Waals surface area contributed by atoms with Crippen molar-refractivity contribution in [3.63, 3.8) is 0 Å². The molecule has 0 bridgehead atoms. The smallest absolute Gasteiger partial charge is 0.136 e. The van der Waals surface area contributed by atoms with Gasteiger partial charge in [0.2, 0.25) is 0 Å². The van der Waals surface area contributed by atoms with Gasteiger partial charge in [0.15, 0.2) is 0 Å². The zero-order valence-electron chi connectivity index (χ0n) is 12.8. The molecule has 0 spiro atoms. The van der Waals surface area contributed by atoms with Crippen LogP contribution in [-0.4, -0.2) is 19.9 Å². The van der Waals surface area contributed by atoms with E-state index in [0.29, 0.717) is 6.42 Å². The van der Waals surface area contributed by atoms with Gasteiger partial charge in [-0.15, -0.1) is 0 Å². The highest BCUT2D eigenvalue weighted by Gasteiger charge is 2.08. The van der Waals surface area contributed by atoms with E-state index in [4.69, 9.17) is 0 Å². The zero-order valence-corrected chi connectivity index (χ0v) is 12.8. The van der Waals surface area contributed by atoms with Gasteiger partial charge in [-0.1, -0.05) is 12.1 Å². The van der Waals surface area contributed by atoms with Crippen LogP contribution in [0, 0.1) is 27.7 Å². The Morgan fingerprint density at radius 1 is 0.762 bits per heavy atom. The summed E-state index contributed by atoms with van der Waals surface area (Å²) >= 11 is 0. The van der Waals surface area contributed by atoms with Crippen LogP contribution in [0.1, 0.15) is 34.3 Å². The third-order valence-corrected chi connectivity index (χ3v) is 3.43. The van der Waals surface area contributed by atoms with E-state index in [1.165, 1.54) is 5.56 Å². The van der Waals surface area contributed by atoms with E-state index in [-0.39, 0.29) is 0 Å². The fourth-order valence-electron chi connectivity index (χ4n) is 2.56. The van der Waals surface area contributed by atoms with Gasteiger partial charge in [-0.25, -0.2) is 19.9 Å². The summed E-state index contributed by atoms with van der Waals surface area (Å²) in [4.78, 5) is 18.2. The Bertz CT molecular complexity index is 804. The lowest BCUT2D eigenvalue weighted by Crippen LogP contribution is -2.05. The van der Waals surface area contributed by atoms with Gasteiger partial charge in [-0.05, 0) is 45.4 Å². The highest BCUT2D eigenvalue weighted by molar-refractivity contribution is 5.81. The summed E-state index contributed by atoms with van der Waals surface area (Å²) in [5.74, 6) is 1.55. The Morgan fingerprint density at radius 3 is 2.14 bits per heavy atom. The van der Waals surface area contributed by atoms with Crippen LogP contribution in [-0.2, 0) is 6.42 Å². The summed E-state index contributed by atoms with van der Waals surface area (Å²) in [5, 5.41) is 1.10. The molecule has 1 aromatic carbocycles. The lowest BCUT2D eigenvalue weighted by Gasteiger charge is -2.07. The zero-order chi connectivity index (χ0) is 15.0.